The number of hydrogen-bond donors (Lipinski definition) is 0. The first kappa shape index (κ1) is 14.4. The molecule has 1 amide bonds. The van der Waals surface area contributed by atoms with Crippen LogP contribution in [0, 0.1) is 0 Å². The van der Waals surface area contributed by atoms with Crippen molar-refractivity contribution in [2.75, 3.05) is 26.0 Å². The number of ether oxygens (including phenoxy) is 1. The second-order valence-electron chi connectivity index (χ2n) is 4.49. The van der Waals surface area contributed by atoms with Gasteiger partial charge in [0.2, 0.25) is 5.91 Å². The van der Waals surface area contributed by atoms with Crippen molar-refractivity contribution in [2.24, 2.45) is 0 Å². The predicted molar refractivity (Wildman–Crippen MR) is 69.0 cm³/mol. The topological polar surface area (TPSA) is 46.6 Å². The highest BCUT2D eigenvalue weighted by atomic mass is 32.2. The Balaban J connectivity index is 2.68. The normalized spacial score (nSPS) is 23.5. The van der Waals surface area contributed by atoms with Crippen LogP contribution in [0.25, 0.3) is 0 Å². The van der Waals surface area contributed by atoms with Gasteiger partial charge in [0.05, 0.1) is 11.9 Å². The molecule has 0 saturated carbocycles. The van der Waals surface area contributed by atoms with Crippen molar-refractivity contribution in [2.45, 2.75) is 37.9 Å². The second-order valence-corrected chi connectivity index (χ2v) is 6.08. The van der Waals surface area contributed by atoms with Gasteiger partial charge < -0.3 is 9.64 Å². The molecule has 0 N–H and O–H groups in total. The van der Waals surface area contributed by atoms with Crippen LogP contribution < -0.4 is 0 Å². The molecule has 0 bridgehead atoms. The molecule has 4 nitrogen and oxygen atoms in total. The largest absolute Gasteiger partial charge is 0.468 e. The maximum absolute atomic E-state index is 12.4. The fraction of sp³-hybridized carbons (Fsp3) is 0.833. The molecule has 0 aromatic carbocycles. The first-order valence-electron chi connectivity index (χ1n) is 6.03. The Bertz CT molecular complexity index is 287. The summed E-state index contributed by atoms with van der Waals surface area (Å²) in [6.07, 6.45) is 2.83. The van der Waals surface area contributed by atoms with Gasteiger partial charge in [-0.25, -0.2) is 0 Å². The molecule has 1 atom stereocenters. The SMILES string of the molecule is CCCN(CC(=O)OC)C(=O)C1(C)CCCS1. The third-order valence-electron chi connectivity index (χ3n) is 3.00. The molecule has 0 radical (unpaired) electrons. The Labute approximate surface area is 107 Å². The fourth-order valence-corrected chi connectivity index (χ4v) is 3.31. The average Bonchev–Trinajstić information content (AvgIpc) is 2.75. The van der Waals surface area contributed by atoms with Crippen molar-refractivity contribution in [3.05, 3.63) is 0 Å². The minimum absolute atomic E-state index is 0.0688. The van der Waals surface area contributed by atoms with E-state index in [1.807, 2.05) is 13.8 Å². The van der Waals surface area contributed by atoms with Crippen LogP contribution in [-0.4, -0.2) is 47.5 Å². The molecule has 98 valence electrons. The molecule has 0 spiro atoms. The molecule has 1 saturated heterocycles. The molecule has 1 aliphatic heterocycles. The first-order valence-corrected chi connectivity index (χ1v) is 7.02. The number of carbonyl (C=O) groups is 2. The van der Waals surface area contributed by atoms with Gasteiger partial charge in [-0.3, -0.25) is 9.59 Å². The van der Waals surface area contributed by atoms with Crippen LogP contribution in [0.5, 0.6) is 0 Å². The van der Waals surface area contributed by atoms with E-state index in [2.05, 4.69) is 4.74 Å². The van der Waals surface area contributed by atoms with E-state index in [4.69, 9.17) is 0 Å². The van der Waals surface area contributed by atoms with E-state index < -0.39 is 0 Å². The Morgan fingerprint density at radius 1 is 1.47 bits per heavy atom. The van der Waals surface area contributed by atoms with Crippen LogP contribution in [0.3, 0.4) is 0 Å². The van der Waals surface area contributed by atoms with Gasteiger partial charge in [0.25, 0.3) is 0 Å². The third-order valence-corrected chi connectivity index (χ3v) is 4.51. The van der Waals surface area contributed by atoms with Crippen LogP contribution in [-0.2, 0) is 14.3 Å². The summed E-state index contributed by atoms with van der Waals surface area (Å²) in [6, 6.07) is 0. The van der Waals surface area contributed by atoms with E-state index >= 15 is 0 Å². The van der Waals surface area contributed by atoms with E-state index in [-0.39, 0.29) is 23.2 Å². The van der Waals surface area contributed by atoms with Crippen molar-refractivity contribution < 1.29 is 14.3 Å². The summed E-state index contributed by atoms with van der Waals surface area (Å²) in [5, 5.41) is 0. The number of carbonyl (C=O) groups excluding carboxylic acids is 2. The number of amides is 1. The van der Waals surface area contributed by atoms with Crippen molar-refractivity contribution in [3.8, 4) is 0 Å². The number of esters is 1. The molecule has 1 heterocycles. The lowest BCUT2D eigenvalue weighted by molar-refractivity contribution is -0.147. The highest BCUT2D eigenvalue weighted by Gasteiger charge is 2.40. The van der Waals surface area contributed by atoms with E-state index in [1.54, 1.807) is 16.7 Å². The first-order chi connectivity index (χ1) is 8.03. The zero-order valence-electron chi connectivity index (χ0n) is 10.8. The second kappa shape index (κ2) is 6.28. The quantitative estimate of drug-likeness (QED) is 0.705. The molecular weight excluding hydrogens is 238 g/mol. The van der Waals surface area contributed by atoms with Crippen LogP contribution in [0.2, 0.25) is 0 Å². The van der Waals surface area contributed by atoms with E-state index in [0.717, 1.165) is 25.0 Å². The van der Waals surface area contributed by atoms with Crippen molar-refractivity contribution >= 4 is 23.6 Å². The van der Waals surface area contributed by atoms with Gasteiger partial charge in [0.1, 0.15) is 6.54 Å². The number of thioether (sulfide) groups is 1. The van der Waals surface area contributed by atoms with Crippen LogP contribution >= 0.6 is 11.8 Å². The molecule has 17 heavy (non-hydrogen) atoms. The lowest BCUT2D eigenvalue weighted by atomic mass is 10.0. The number of methoxy groups -OCH3 is 1. The predicted octanol–water partition coefficient (Wildman–Crippen LogP) is 1.68. The standard InChI is InChI=1S/C12H21NO3S/c1-4-7-13(9-10(14)16-3)11(15)12(2)6-5-8-17-12/h4-9H2,1-3H3. The smallest absolute Gasteiger partial charge is 0.325 e. The molecule has 0 aliphatic carbocycles. The van der Waals surface area contributed by atoms with Crippen molar-refractivity contribution in [1.82, 2.24) is 4.90 Å². The Hall–Kier alpha value is -0.710. The average molecular weight is 259 g/mol. The highest BCUT2D eigenvalue weighted by Crippen LogP contribution is 2.39. The van der Waals surface area contributed by atoms with Gasteiger partial charge in [0, 0.05) is 6.54 Å². The molecule has 5 heteroatoms. The molecule has 1 fully saturated rings. The van der Waals surface area contributed by atoms with Crippen LogP contribution in [0.1, 0.15) is 33.1 Å². The van der Waals surface area contributed by atoms with Crippen molar-refractivity contribution in [1.29, 1.82) is 0 Å². The van der Waals surface area contributed by atoms with Crippen molar-refractivity contribution in [3.63, 3.8) is 0 Å². The van der Waals surface area contributed by atoms with Gasteiger partial charge >= 0.3 is 5.97 Å². The lowest BCUT2D eigenvalue weighted by Crippen LogP contribution is -2.46. The summed E-state index contributed by atoms with van der Waals surface area (Å²) in [5.74, 6) is 0.756. The Morgan fingerprint density at radius 3 is 2.65 bits per heavy atom. The highest BCUT2D eigenvalue weighted by molar-refractivity contribution is 8.01. The molecular formula is C12H21NO3S. The summed E-state index contributed by atoms with van der Waals surface area (Å²) >= 11 is 1.70. The number of hydrogen-bond acceptors (Lipinski definition) is 4. The number of rotatable bonds is 5. The van der Waals surface area contributed by atoms with Gasteiger partial charge in [-0.2, -0.15) is 0 Å². The maximum Gasteiger partial charge on any atom is 0.325 e. The Morgan fingerprint density at radius 2 is 2.18 bits per heavy atom. The molecule has 0 aromatic heterocycles. The molecule has 1 unspecified atom stereocenters. The third kappa shape index (κ3) is 3.63. The summed E-state index contributed by atoms with van der Waals surface area (Å²) in [4.78, 5) is 25.3. The van der Waals surface area contributed by atoms with Crippen LogP contribution in [0.15, 0.2) is 0 Å². The summed E-state index contributed by atoms with van der Waals surface area (Å²) < 4.78 is 4.29. The zero-order valence-corrected chi connectivity index (χ0v) is 11.6. The Kier molecular flexibility index (Phi) is 5.31. The fourth-order valence-electron chi connectivity index (χ4n) is 2.02. The minimum atomic E-state index is -0.349. The van der Waals surface area contributed by atoms with Gasteiger partial charge in [-0.15, -0.1) is 11.8 Å². The zero-order chi connectivity index (χ0) is 12.9. The monoisotopic (exact) mass is 259 g/mol. The summed E-state index contributed by atoms with van der Waals surface area (Å²) in [7, 11) is 1.35. The summed E-state index contributed by atoms with van der Waals surface area (Å²) in [5.41, 5.74) is 0. The molecule has 1 rings (SSSR count). The maximum atomic E-state index is 12.4. The number of nitrogens with zero attached hydrogens (tertiary/aromatic N) is 1. The lowest BCUT2D eigenvalue weighted by Gasteiger charge is -2.30. The van der Waals surface area contributed by atoms with Gasteiger partial charge in [0.15, 0.2) is 0 Å². The van der Waals surface area contributed by atoms with E-state index in [9.17, 15) is 9.59 Å². The summed E-state index contributed by atoms with van der Waals surface area (Å²) in [6.45, 7) is 4.66. The van der Waals surface area contributed by atoms with Crippen LogP contribution in [0.4, 0.5) is 0 Å². The van der Waals surface area contributed by atoms with Gasteiger partial charge in [-0.05, 0) is 31.9 Å². The van der Waals surface area contributed by atoms with E-state index in [0.29, 0.717) is 6.54 Å². The minimum Gasteiger partial charge on any atom is -0.468 e. The van der Waals surface area contributed by atoms with Gasteiger partial charge in [-0.1, -0.05) is 6.92 Å². The molecule has 0 aromatic rings. The molecule has 1 aliphatic rings. The van der Waals surface area contributed by atoms with E-state index in [1.165, 1.54) is 7.11 Å².